The molecule has 0 aliphatic carbocycles. The Bertz CT molecular complexity index is 641. The molecular formula is C23H42N4O4. The van der Waals surface area contributed by atoms with Crippen molar-refractivity contribution in [1.82, 2.24) is 21.3 Å². The molecule has 0 aromatic heterocycles. The first kappa shape index (κ1) is 26.9. The van der Waals surface area contributed by atoms with Crippen molar-refractivity contribution in [3.8, 4) is 0 Å². The fraction of sp³-hybridized carbons (Fsp3) is 0.826. The highest BCUT2D eigenvalue weighted by Gasteiger charge is 2.37. The summed E-state index contributed by atoms with van der Waals surface area (Å²) in [6, 6.07) is -3.16. The van der Waals surface area contributed by atoms with Crippen molar-refractivity contribution in [2.24, 2.45) is 23.7 Å². The van der Waals surface area contributed by atoms with Crippen LogP contribution in [-0.4, -0.2) is 47.8 Å². The van der Waals surface area contributed by atoms with Crippen LogP contribution in [0, 0.1) is 23.7 Å². The van der Waals surface area contributed by atoms with E-state index in [1.165, 1.54) is 0 Å². The molecule has 1 aliphatic heterocycles. The van der Waals surface area contributed by atoms with Gasteiger partial charge in [0, 0.05) is 0 Å². The highest BCUT2D eigenvalue weighted by atomic mass is 16.2. The highest BCUT2D eigenvalue weighted by Crippen LogP contribution is 2.15. The first-order valence-corrected chi connectivity index (χ1v) is 11.6. The maximum Gasteiger partial charge on any atom is 0.243 e. The minimum absolute atomic E-state index is 0.133. The Kier molecular flexibility index (Phi) is 10.5. The first-order chi connectivity index (χ1) is 14.4. The van der Waals surface area contributed by atoms with Gasteiger partial charge < -0.3 is 21.3 Å². The van der Waals surface area contributed by atoms with Gasteiger partial charge in [-0.25, -0.2) is 0 Å². The Morgan fingerprint density at radius 3 is 1.42 bits per heavy atom. The van der Waals surface area contributed by atoms with E-state index in [9.17, 15) is 19.2 Å². The number of hydrogen-bond acceptors (Lipinski definition) is 4. The number of rotatable bonds is 7. The Morgan fingerprint density at radius 1 is 0.613 bits per heavy atom. The van der Waals surface area contributed by atoms with E-state index in [1.807, 2.05) is 55.4 Å². The maximum atomic E-state index is 13.1. The number of nitrogens with one attached hydrogen (secondary N) is 4. The van der Waals surface area contributed by atoms with E-state index < -0.39 is 24.2 Å². The van der Waals surface area contributed by atoms with Gasteiger partial charge in [0.2, 0.25) is 23.6 Å². The summed E-state index contributed by atoms with van der Waals surface area (Å²) in [5.74, 6) is -1.82. The van der Waals surface area contributed by atoms with Gasteiger partial charge in [0.25, 0.3) is 0 Å². The average Bonchev–Trinajstić information content (AvgIpc) is 2.70. The number of amides is 4. The van der Waals surface area contributed by atoms with Crippen LogP contribution in [0.1, 0.15) is 74.7 Å². The summed E-state index contributed by atoms with van der Waals surface area (Å²) in [6.07, 6.45) is 1.78. The normalized spacial score (nSPS) is 28.1. The van der Waals surface area contributed by atoms with E-state index >= 15 is 0 Å². The van der Waals surface area contributed by atoms with Crippen LogP contribution in [0.3, 0.4) is 0 Å². The lowest BCUT2D eigenvalue weighted by Gasteiger charge is -2.33. The minimum atomic E-state index is -0.804. The van der Waals surface area contributed by atoms with Crippen molar-refractivity contribution >= 4 is 23.6 Å². The zero-order valence-electron chi connectivity index (χ0n) is 20.4. The Labute approximate surface area is 187 Å². The summed E-state index contributed by atoms with van der Waals surface area (Å²) >= 11 is 0. The number of hydrogen-bond donors (Lipinski definition) is 4. The quantitative estimate of drug-likeness (QED) is 0.484. The fourth-order valence-electron chi connectivity index (χ4n) is 3.64. The summed E-state index contributed by atoms with van der Waals surface area (Å²) in [5.41, 5.74) is 0. The molecule has 0 bridgehead atoms. The van der Waals surface area contributed by atoms with Crippen LogP contribution < -0.4 is 21.3 Å². The van der Waals surface area contributed by atoms with Crippen molar-refractivity contribution in [2.45, 2.75) is 98.8 Å². The van der Waals surface area contributed by atoms with E-state index in [1.54, 1.807) is 0 Å². The van der Waals surface area contributed by atoms with Crippen LogP contribution in [0.25, 0.3) is 0 Å². The zero-order valence-corrected chi connectivity index (χ0v) is 20.4. The Morgan fingerprint density at radius 2 is 1.00 bits per heavy atom. The molecule has 6 atom stereocenters. The molecule has 178 valence electrons. The van der Waals surface area contributed by atoms with Crippen molar-refractivity contribution in [2.75, 3.05) is 0 Å². The van der Waals surface area contributed by atoms with Gasteiger partial charge in [-0.1, -0.05) is 68.2 Å². The molecule has 0 radical (unpaired) electrons. The molecule has 1 aliphatic rings. The molecule has 8 heteroatoms. The molecule has 1 saturated heterocycles. The van der Waals surface area contributed by atoms with E-state index in [2.05, 4.69) is 21.3 Å². The summed E-state index contributed by atoms with van der Waals surface area (Å²) in [6.45, 7) is 15.3. The van der Waals surface area contributed by atoms with Gasteiger partial charge in [-0.2, -0.15) is 0 Å². The SMILES string of the molecule is CCC(C)C1NC(=O)C(CC(C)C)NC(=O)C(C(C)CC)NC(=O)C(C(C)C)NC1=O. The number of carbonyl (C=O) groups is 4. The Hall–Kier alpha value is -2.12. The van der Waals surface area contributed by atoms with Crippen LogP contribution in [-0.2, 0) is 19.2 Å². The van der Waals surface area contributed by atoms with Crippen molar-refractivity contribution in [3.05, 3.63) is 0 Å². The second kappa shape index (κ2) is 12.1. The molecule has 4 amide bonds. The predicted molar refractivity (Wildman–Crippen MR) is 121 cm³/mol. The molecule has 1 fully saturated rings. The van der Waals surface area contributed by atoms with Crippen LogP contribution in [0.4, 0.5) is 0 Å². The molecular weight excluding hydrogens is 396 g/mol. The monoisotopic (exact) mass is 438 g/mol. The van der Waals surface area contributed by atoms with Gasteiger partial charge in [0.15, 0.2) is 0 Å². The molecule has 1 rings (SSSR count). The van der Waals surface area contributed by atoms with Crippen LogP contribution in [0.5, 0.6) is 0 Å². The second-order valence-electron chi connectivity index (χ2n) is 9.66. The summed E-state index contributed by atoms with van der Waals surface area (Å²) in [5, 5.41) is 11.3. The van der Waals surface area contributed by atoms with Crippen LogP contribution >= 0.6 is 0 Å². The van der Waals surface area contributed by atoms with E-state index in [0.29, 0.717) is 19.3 Å². The molecule has 4 N–H and O–H groups in total. The summed E-state index contributed by atoms with van der Waals surface area (Å²) in [7, 11) is 0. The first-order valence-electron chi connectivity index (χ1n) is 11.6. The maximum absolute atomic E-state index is 13.1. The summed E-state index contributed by atoms with van der Waals surface area (Å²) in [4.78, 5) is 52.4. The average molecular weight is 439 g/mol. The van der Waals surface area contributed by atoms with Crippen molar-refractivity contribution < 1.29 is 19.2 Å². The van der Waals surface area contributed by atoms with Crippen molar-refractivity contribution in [3.63, 3.8) is 0 Å². The van der Waals surface area contributed by atoms with Crippen LogP contribution in [0.2, 0.25) is 0 Å². The van der Waals surface area contributed by atoms with E-state index in [0.717, 1.165) is 0 Å². The van der Waals surface area contributed by atoms with E-state index in [4.69, 9.17) is 0 Å². The van der Waals surface area contributed by atoms with Gasteiger partial charge in [-0.15, -0.1) is 0 Å². The van der Waals surface area contributed by atoms with Gasteiger partial charge in [-0.05, 0) is 30.1 Å². The molecule has 31 heavy (non-hydrogen) atoms. The Balaban J connectivity index is 3.41. The fourth-order valence-corrected chi connectivity index (χ4v) is 3.64. The minimum Gasteiger partial charge on any atom is -0.343 e. The standard InChI is InChI=1S/C23H42N4O4/c1-9-14(7)18-22(30)24-16(11-12(3)4)20(28)26-19(15(8)10-2)23(31)25-17(13(5)6)21(29)27-18/h12-19H,9-11H2,1-8H3,(H,24,30)(H,25,31)(H,26,28)(H,27,29). The molecule has 1 heterocycles. The second-order valence-corrected chi connectivity index (χ2v) is 9.66. The smallest absolute Gasteiger partial charge is 0.243 e. The van der Waals surface area contributed by atoms with Crippen LogP contribution in [0.15, 0.2) is 0 Å². The number of carbonyl (C=O) groups excluding carboxylic acids is 4. The predicted octanol–water partition coefficient (Wildman–Crippen LogP) is 1.73. The highest BCUT2D eigenvalue weighted by molar-refractivity contribution is 5.97. The lowest BCUT2D eigenvalue weighted by atomic mass is 9.93. The molecule has 0 aromatic rings. The van der Waals surface area contributed by atoms with Gasteiger partial charge >= 0.3 is 0 Å². The van der Waals surface area contributed by atoms with Crippen molar-refractivity contribution in [1.29, 1.82) is 0 Å². The van der Waals surface area contributed by atoms with E-state index in [-0.39, 0.29) is 47.3 Å². The molecule has 8 nitrogen and oxygen atoms in total. The third-order valence-corrected chi connectivity index (χ3v) is 6.17. The third-order valence-electron chi connectivity index (χ3n) is 6.17. The zero-order chi connectivity index (χ0) is 23.9. The molecule has 0 spiro atoms. The summed E-state index contributed by atoms with van der Waals surface area (Å²) < 4.78 is 0. The third kappa shape index (κ3) is 7.51. The molecule has 6 unspecified atom stereocenters. The lowest BCUT2D eigenvalue weighted by molar-refractivity contribution is -0.138. The van der Waals surface area contributed by atoms with Gasteiger partial charge in [-0.3, -0.25) is 19.2 Å². The molecule has 0 aromatic carbocycles. The lowest BCUT2D eigenvalue weighted by Crippen LogP contribution is -2.64. The topological polar surface area (TPSA) is 116 Å². The van der Waals surface area contributed by atoms with Gasteiger partial charge in [0.05, 0.1) is 0 Å². The largest absolute Gasteiger partial charge is 0.343 e. The molecule has 0 saturated carbocycles. The van der Waals surface area contributed by atoms with Gasteiger partial charge in [0.1, 0.15) is 24.2 Å².